The largest absolute Gasteiger partial charge is 0.309 e. The Hall–Kier alpha value is -1.64. The number of rotatable bonds is 1. The molecule has 0 unspecified atom stereocenters. The van der Waals surface area contributed by atoms with Crippen LogP contribution in [-0.4, -0.2) is 33.8 Å². The van der Waals surface area contributed by atoms with Gasteiger partial charge in [-0.3, -0.25) is 5.10 Å². The van der Waals surface area contributed by atoms with E-state index in [1.54, 1.807) is 0 Å². The van der Waals surface area contributed by atoms with Gasteiger partial charge in [0, 0.05) is 0 Å². The number of aromatic nitrogens is 4. The minimum absolute atomic E-state index is 0.363. The molecule has 5 nitrogen and oxygen atoms in total. The van der Waals surface area contributed by atoms with Crippen LogP contribution in [0.3, 0.4) is 0 Å². The molecule has 0 saturated heterocycles. The zero-order chi connectivity index (χ0) is 10.7. The lowest BCUT2D eigenvalue weighted by Gasteiger charge is -1.90. The summed E-state index contributed by atoms with van der Waals surface area (Å²) in [5.74, 6) is 5.82. The van der Waals surface area contributed by atoms with E-state index in [1.807, 2.05) is 7.05 Å². The molecule has 0 aliphatic rings. The number of H-pyrrole nitrogens is 1. The molecule has 6 heteroatoms. The van der Waals surface area contributed by atoms with E-state index in [1.165, 1.54) is 6.33 Å². The van der Waals surface area contributed by atoms with Gasteiger partial charge in [0.05, 0.1) is 11.9 Å². The average molecular weight is 222 g/mol. The van der Waals surface area contributed by atoms with Crippen LogP contribution in [0, 0.1) is 11.8 Å². The molecule has 2 rings (SSSR count). The Balaban J connectivity index is 2.50. The summed E-state index contributed by atoms with van der Waals surface area (Å²) in [5.41, 5.74) is 1.18. The SMILES string of the molecule is CNCC#Cc1[nH]nc2ncnc(Cl)c12. The van der Waals surface area contributed by atoms with Gasteiger partial charge in [0.2, 0.25) is 0 Å². The molecule has 0 atom stereocenters. The van der Waals surface area contributed by atoms with Gasteiger partial charge in [-0.1, -0.05) is 17.5 Å². The van der Waals surface area contributed by atoms with Crippen LogP contribution in [0.1, 0.15) is 5.69 Å². The quantitative estimate of drug-likeness (QED) is 0.546. The number of fused-ring (bicyclic) bond motifs is 1. The number of nitrogens with one attached hydrogen (secondary N) is 2. The molecule has 2 N–H and O–H groups in total. The molecule has 0 aromatic carbocycles. The van der Waals surface area contributed by atoms with Crippen molar-refractivity contribution < 1.29 is 0 Å². The Morgan fingerprint density at radius 2 is 2.40 bits per heavy atom. The highest BCUT2D eigenvalue weighted by Crippen LogP contribution is 2.19. The Kier molecular flexibility index (Phi) is 2.81. The van der Waals surface area contributed by atoms with Gasteiger partial charge in [-0.2, -0.15) is 5.10 Å². The van der Waals surface area contributed by atoms with Gasteiger partial charge < -0.3 is 5.32 Å². The van der Waals surface area contributed by atoms with Crippen LogP contribution in [0.15, 0.2) is 6.33 Å². The molecule has 0 fully saturated rings. The van der Waals surface area contributed by atoms with E-state index >= 15 is 0 Å². The van der Waals surface area contributed by atoms with Crippen molar-refractivity contribution in [3.05, 3.63) is 17.2 Å². The number of hydrogen-bond acceptors (Lipinski definition) is 4. The summed E-state index contributed by atoms with van der Waals surface area (Å²) >= 11 is 5.92. The van der Waals surface area contributed by atoms with E-state index in [4.69, 9.17) is 11.6 Å². The highest BCUT2D eigenvalue weighted by atomic mass is 35.5. The molecule has 2 heterocycles. The smallest absolute Gasteiger partial charge is 0.186 e. The third-order valence-corrected chi connectivity index (χ3v) is 2.07. The second-order valence-electron chi connectivity index (χ2n) is 2.79. The van der Waals surface area contributed by atoms with Crippen molar-refractivity contribution in [2.24, 2.45) is 0 Å². The predicted octanol–water partition coefficient (Wildman–Crippen LogP) is 0.577. The Morgan fingerprint density at radius 3 is 3.20 bits per heavy atom. The first-order valence-corrected chi connectivity index (χ1v) is 4.68. The number of nitrogens with zero attached hydrogens (tertiary/aromatic N) is 3. The summed E-state index contributed by atoms with van der Waals surface area (Å²) in [6.45, 7) is 0.603. The summed E-state index contributed by atoms with van der Waals surface area (Å²) < 4.78 is 0. The van der Waals surface area contributed by atoms with E-state index < -0.39 is 0 Å². The first kappa shape index (κ1) is 9.90. The Morgan fingerprint density at radius 1 is 1.53 bits per heavy atom. The second kappa shape index (κ2) is 4.26. The second-order valence-corrected chi connectivity index (χ2v) is 3.15. The van der Waals surface area contributed by atoms with Crippen LogP contribution < -0.4 is 5.32 Å². The van der Waals surface area contributed by atoms with E-state index in [2.05, 4.69) is 37.3 Å². The molecule has 0 aliphatic heterocycles. The maximum atomic E-state index is 5.92. The third-order valence-electron chi connectivity index (χ3n) is 1.78. The van der Waals surface area contributed by atoms with Crippen molar-refractivity contribution in [1.29, 1.82) is 0 Å². The molecule has 0 bridgehead atoms. The van der Waals surface area contributed by atoms with Gasteiger partial charge in [-0.15, -0.1) is 0 Å². The molecule has 0 spiro atoms. The van der Waals surface area contributed by atoms with Gasteiger partial charge >= 0.3 is 0 Å². The minimum atomic E-state index is 0.363. The first-order valence-electron chi connectivity index (χ1n) is 4.31. The molecular formula is C9H8ClN5. The van der Waals surface area contributed by atoms with Crippen LogP contribution in [0.25, 0.3) is 11.0 Å². The van der Waals surface area contributed by atoms with Crippen molar-refractivity contribution in [2.45, 2.75) is 0 Å². The molecule has 2 aromatic rings. The lowest BCUT2D eigenvalue weighted by molar-refractivity contribution is 0.938. The van der Waals surface area contributed by atoms with Gasteiger partial charge in [0.1, 0.15) is 17.2 Å². The molecule has 0 aliphatic carbocycles. The van der Waals surface area contributed by atoms with Gasteiger partial charge in [0.25, 0.3) is 0 Å². The van der Waals surface area contributed by atoms with Gasteiger partial charge in [0.15, 0.2) is 5.65 Å². The topological polar surface area (TPSA) is 66.5 Å². The van der Waals surface area contributed by atoms with Crippen LogP contribution in [-0.2, 0) is 0 Å². The van der Waals surface area contributed by atoms with E-state index in [0.29, 0.717) is 28.4 Å². The van der Waals surface area contributed by atoms with Crippen molar-refractivity contribution in [1.82, 2.24) is 25.5 Å². The number of halogens is 1. The van der Waals surface area contributed by atoms with E-state index in [-0.39, 0.29) is 0 Å². The monoisotopic (exact) mass is 221 g/mol. The average Bonchev–Trinajstić information content (AvgIpc) is 2.63. The fraction of sp³-hybridized carbons (Fsp3) is 0.222. The normalized spacial score (nSPS) is 10.0. The van der Waals surface area contributed by atoms with Crippen molar-refractivity contribution >= 4 is 22.6 Å². The standard InChI is InChI=1S/C9H8ClN5/c1-11-4-2-3-6-7-8(10)12-5-13-9(7)15-14-6/h5,11H,4H2,1H3,(H,12,13,14,15). The van der Waals surface area contributed by atoms with Gasteiger partial charge in [-0.05, 0) is 13.0 Å². The molecule has 0 radical (unpaired) electrons. The van der Waals surface area contributed by atoms with Crippen LogP contribution in [0.4, 0.5) is 0 Å². The van der Waals surface area contributed by atoms with E-state index in [9.17, 15) is 0 Å². The zero-order valence-corrected chi connectivity index (χ0v) is 8.76. The maximum Gasteiger partial charge on any atom is 0.186 e. The van der Waals surface area contributed by atoms with Crippen LogP contribution >= 0.6 is 11.6 Å². The first-order chi connectivity index (χ1) is 7.33. The number of aromatic amines is 1. The molecule has 0 amide bonds. The minimum Gasteiger partial charge on any atom is -0.309 e. The summed E-state index contributed by atoms with van der Waals surface area (Å²) in [6, 6.07) is 0. The van der Waals surface area contributed by atoms with Crippen molar-refractivity contribution in [3.63, 3.8) is 0 Å². The summed E-state index contributed by atoms with van der Waals surface area (Å²) in [4.78, 5) is 7.85. The predicted molar refractivity (Wildman–Crippen MR) is 57.5 cm³/mol. The molecule has 0 saturated carbocycles. The summed E-state index contributed by atoms with van der Waals surface area (Å²) in [7, 11) is 1.83. The highest BCUT2D eigenvalue weighted by molar-refractivity contribution is 6.34. The molecule has 76 valence electrons. The van der Waals surface area contributed by atoms with E-state index in [0.717, 1.165) is 0 Å². The maximum absolute atomic E-state index is 5.92. The lowest BCUT2D eigenvalue weighted by Crippen LogP contribution is -2.04. The van der Waals surface area contributed by atoms with Crippen LogP contribution in [0.2, 0.25) is 5.15 Å². The summed E-state index contributed by atoms with van der Waals surface area (Å²) in [5, 5.41) is 10.7. The van der Waals surface area contributed by atoms with Crippen LogP contribution in [0.5, 0.6) is 0 Å². The summed E-state index contributed by atoms with van der Waals surface area (Å²) in [6.07, 6.45) is 1.37. The fourth-order valence-corrected chi connectivity index (χ4v) is 1.35. The zero-order valence-electron chi connectivity index (χ0n) is 8.00. The fourth-order valence-electron chi connectivity index (χ4n) is 1.13. The van der Waals surface area contributed by atoms with Gasteiger partial charge in [-0.25, -0.2) is 9.97 Å². The highest BCUT2D eigenvalue weighted by Gasteiger charge is 2.08. The van der Waals surface area contributed by atoms with Crippen molar-refractivity contribution in [2.75, 3.05) is 13.6 Å². The molecule has 2 aromatic heterocycles. The number of hydrogen-bond donors (Lipinski definition) is 2. The Labute approximate surface area is 91.3 Å². The molecule has 15 heavy (non-hydrogen) atoms. The Bertz CT molecular complexity index is 536. The third kappa shape index (κ3) is 1.91. The molecular weight excluding hydrogens is 214 g/mol. The lowest BCUT2D eigenvalue weighted by atomic mass is 10.3. The van der Waals surface area contributed by atoms with Crippen molar-refractivity contribution in [3.8, 4) is 11.8 Å².